The number of carbonyl (C=O) groups is 3. The van der Waals surface area contributed by atoms with Crippen LogP contribution in [0.25, 0.3) is 11.1 Å². The molecule has 1 heterocycles. The fourth-order valence-electron chi connectivity index (χ4n) is 4.06. The second-order valence-electron chi connectivity index (χ2n) is 7.85. The average molecular weight is 469 g/mol. The molecule has 0 bridgehead atoms. The number of hydrogen-bond acceptors (Lipinski definition) is 5. The Morgan fingerprint density at radius 3 is 2.31 bits per heavy atom. The predicted octanol–water partition coefficient (Wildman–Crippen LogP) is 4.04. The van der Waals surface area contributed by atoms with Crippen LogP contribution in [0.3, 0.4) is 0 Å². The van der Waals surface area contributed by atoms with Crippen LogP contribution in [0.2, 0.25) is 0 Å². The van der Waals surface area contributed by atoms with E-state index in [-0.39, 0.29) is 30.3 Å². The first-order chi connectivity index (χ1) is 17.0. The first-order valence-corrected chi connectivity index (χ1v) is 11.0. The minimum atomic E-state index is -1.22. The lowest BCUT2D eigenvalue weighted by Crippen LogP contribution is -2.41. The van der Waals surface area contributed by atoms with Crippen LogP contribution in [0.15, 0.2) is 66.9 Å². The highest BCUT2D eigenvalue weighted by Gasteiger charge is 2.29. The molecule has 3 aromatic rings. The third-order valence-electron chi connectivity index (χ3n) is 5.69. The highest BCUT2D eigenvalue weighted by molar-refractivity contribution is 6.02. The lowest BCUT2D eigenvalue weighted by Gasteiger charge is -2.16. The predicted molar refractivity (Wildman–Crippen MR) is 130 cm³/mol. The van der Waals surface area contributed by atoms with Gasteiger partial charge in [0, 0.05) is 18.5 Å². The molecule has 35 heavy (non-hydrogen) atoms. The summed E-state index contributed by atoms with van der Waals surface area (Å²) in [5.41, 5.74) is 4.37. The minimum absolute atomic E-state index is 0.0560. The van der Waals surface area contributed by atoms with E-state index in [0.29, 0.717) is 0 Å². The molecule has 0 fully saturated rings. The minimum Gasteiger partial charge on any atom is -0.480 e. The molecule has 8 heteroatoms. The zero-order valence-corrected chi connectivity index (χ0v) is 18.9. The molecule has 8 nitrogen and oxygen atoms in total. The van der Waals surface area contributed by atoms with Crippen molar-refractivity contribution in [3.05, 3.63) is 83.7 Å². The lowest BCUT2D eigenvalue weighted by atomic mass is 9.98. The number of anilines is 1. The van der Waals surface area contributed by atoms with Gasteiger partial charge in [0.15, 0.2) is 5.69 Å². The second kappa shape index (κ2) is 10.5. The van der Waals surface area contributed by atoms with Gasteiger partial charge in [-0.3, -0.25) is 10.1 Å². The summed E-state index contributed by atoms with van der Waals surface area (Å²) in [7, 11) is 0. The molecule has 1 aromatic heterocycles. The molecule has 176 valence electrons. The fourth-order valence-corrected chi connectivity index (χ4v) is 4.06. The van der Waals surface area contributed by atoms with Crippen LogP contribution >= 0.6 is 0 Å². The molecule has 0 radical (unpaired) electrons. The number of nitrogens with one attached hydrogen (secondary N) is 2. The van der Waals surface area contributed by atoms with E-state index >= 15 is 0 Å². The fraction of sp³-hybridized carbons (Fsp3) is 0.185. The highest BCUT2D eigenvalue weighted by atomic mass is 16.5. The summed E-state index contributed by atoms with van der Waals surface area (Å²) >= 11 is 0. The lowest BCUT2D eigenvalue weighted by molar-refractivity contribution is -0.139. The molecular weight excluding hydrogens is 446 g/mol. The second-order valence-corrected chi connectivity index (χ2v) is 7.85. The highest BCUT2D eigenvalue weighted by Crippen LogP contribution is 2.44. The number of rotatable bonds is 7. The SMILES string of the molecule is CC#CCC(NC(=O)c1ncccc1NC(=O)OCC1c2ccccc2-c2ccccc21)C(=O)O. The third kappa shape index (κ3) is 5.14. The van der Waals surface area contributed by atoms with Crippen LogP contribution in [-0.2, 0) is 9.53 Å². The van der Waals surface area contributed by atoms with Gasteiger partial charge in [0.1, 0.15) is 12.6 Å². The third-order valence-corrected chi connectivity index (χ3v) is 5.69. The van der Waals surface area contributed by atoms with Crippen molar-refractivity contribution in [1.82, 2.24) is 10.3 Å². The van der Waals surface area contributed by atoms with E-state index in [1.807, 2.05) is 48.5 Å². The summed E-state index contributed by atoms with van der Waals surface area (Å²) in [5.74, 6) is 3.16. The Hall–Kier alpha value is -4.64. The number of aromatic nitrogens is 1. The monoisotopic (exact) mass is 469 g/mol. The molecule has 2 amide bonds. The van der Waals surface area contributed by atoms with Crippen molar-refractivity contribution in [2.24, 2.45) is 0 Å². The summed E-state index contributed by atoms with van der Waals surface area (Å²) in [6.07, 6.45) is 0.569. The molecule has 4 rings (SSSR count). The molecule has 0 aliphatic heterocycles. The molecule has 3 N–H and O–H groups in total. The number of fused-ring (bicyclic) bond motifs is 3. The number of amides is 2. The van der Waals surface area contributed by atoms with Crippen molar-refractivity contribution < 1.29 is 24.2 Å². The number of carboxylic acids is 1. The first-order valence-electron chi connectivity index (χ1n) is 11.0. The Labute approximate surface area is 202 Å². The topological polar surface area (TPSA) is 118 Å². The standard InChI is InChI=1S/C27H23N3O5/c1-2-3-13-23(26(32)33)29-25(31)24-22(14-8-15-28-24)30-27(34)35-16-21-19-11-6-4-9-17(19)18-10-5-7-12-20(18)21/h4-12,14-15,21,23H,13,16H2,1H3,(H,29,31)(H,30,34)(H,32,33). The van der Waals surface area contributed by atoms with Crippen LogP contribution in [0.4, 0.5) is 10.5 Å². The number of pyridine rings is 1. The molecule has 0 saturated heterocycles. The van der Waals surface area contributed by atoms with Crippen molar-refractivity contribution in [3.63, 3.8) is 0 Å². The van der Waals surface area contributed by atoms with Crippen molar-refractivity contribution >= 4 is 23.7 Å². The van der Waals surface area contributed by atoms with Crippen LogP contribution in [0.1, 0.15) is 40.9 Å². The van der Waals surface area contributed by atoms with Gasteiger partial charge in [-0.05, 0) is 41.3 Å². The summed E-state index contributed by atoms with van der Waals surface area (Å²) in [5, 5.41) is 14.3. The first kappa shape index (κ1) is 23.5. The Kier molecular flexibility index (Phi) is 7.07. The molecule has 2 aromatic carbocycles. The summed E-state index contributed by atoms with van der Waals surface area (Å²) < 4.78 is 5.53. The Balaban J connectivity index is 1.45. The largest absolute Gasteiger partial charge is 0.480 e. The van der Waals surface area contributed by atoms with Gasteiger partial charge in [-0.15, -0.1) is 11.8 Å². The number of aliphatic carboxylic acids is 1. The number of nitrogens with zero attached hydrogens (tertiary/aromatic N) is 1. The maximum Gasteiger partial charge on any atom is 0.411 e. The van der Waals surface area contributed by atoms with E-state index in [9.17, 15) is 19.5 Å². The van der Waals surface area contributed by atoms with Crippen molar-refractivity contribution in [2.45, 2.75) is 25.3 Å². The summed E-state index contributed by atoms with van der Waals surface area (Å²) in [4.78, 5) is 40.8. The molecule has 0 spiro atoms. The Morgan fingerprint density at radius 2 is 1.69 bits per heavy atom. The zero-order chi connectivity index (χ0) is 24.8. The van der Waals surface area contributed by atoms with Gasteiger partial charge in [0.25, 0.3) is 5.91 Å². The molecule has 0 saturated carbocycles. The number of carboxylic acid groups (broad SMARTS) is 1. The number of ether oxygens (including phenoxy) is 1. The van der Waals surface area contributed by atoms with E-state index in [1.165, 1.54) is 12.3 Å². The van der Waals surface area contributed by atoms with E-state index < -0.39 is 24.0 Å². The van der Waals surface area contributed by atoms with Crippen LogP contribution in [0.5, 0.6) is 0 Å². The van der Waals surface area contributed by atoms with Gasteiger partial charge in [-0.25, -0.2) is 14.6 Å². The van der Waals surface area contributed by atoms with Gasteiger partial charge in [-0.2, -0.15) is 0 Å². The number of hydrogen-bond donors (Lipinski definition) is 3. The van der Waals surface area contributed by atoms with E-state index in [4.69, 9.17) is 4.74 Å². The summed E-state index contributed by atoms with van der Waals surface area (Å²) in [6, 6.07) is 17.8. The van der Waals surface area contributed by atoms with Gasteiger partial charge in [-0.1, -0.05) is 48.5 Å². The van der Waals surface area contributed by atoms with Crippen molar-refractivity contribution in [3.8, 4) is 23.0 Å². The van der Waals surface area contributed by atoms with Crippen molar-refractivity contribution in [2.75, 3.05) is 11.9 Å². The van der Waals surface area contributed by atoms with Gasteiger partial charge in [0.2, 0.25) is 0 Å². The molecule has 1 aliphatic rings. The molecular formula is C27H23N3O5. The smallest absolute Gasteiger partial charge is 0.411 e. The van der Waals surface area contributed by atoms with Gasteiger partial charge in [0.05, 0.1) is 5.69 Å². The maximum atomic E-state index is 12.7. The van der Waals surface area contributed by atoms with E-state index in [0.717, 1.165) is 22.3 Å². The van der Waals surface area contributed by atoms with E-state index in [2.05, 4.69) is 27.5 Å². The van der Waals surface area contributed by atoms with Gasteiger partial charge < -0.3 is 15.2 Å². The Morgan fingerprint density at radius 1 is 1.03 bits per heavy atom. The quantitative estimate of drug-likeness (QED) is 0.450. The van der Waals surface area contributed by atoms with E-state index in [1.54, 1.807) is 13.0 Å². The van der Waals surface area contributed by atoms with Crippen LogP contribution in [-0.4, -0.2) is 40.7 Å². The van der Waals surface area contributed by atoms with Crippen molar-refractivity contribution in [1.29, 1.82) is 0 Å². The molecule has 1 aliphatic carbocycles. The van der Waals surface area contributed by atoms with Gasteiger partial charge >= 0.3 is 12.1 Å². The number of benzene rings is 2. The molecule has 1 atom stereocenters. The van der Waals surface area contributed by atoms with Crippen LogP contribution < -0.4 is 10.6 Å². The van der Waals surface area contributed by atoms with Crippen LogP contribution in [0, 0.1) is 11.8 Å². The maximum absolute atomic E-state index is 12.7. The molecule has 1 unspecified atom stereocenters. The normalized spacial score (nSPS) is 12.4. The zero-order valence-electron chi connectivity index (χ0n) is 18.9. The average Bonchev–Trinajstić information content (AvgIpc) is 3.19. The summed E-state index contributed by atoms with van der Waals surface area (Å²) in [6.45, 7) is 1.69. The Bertz CT molecular complexity index is 1300. The number of carbonyl (C=O) groups excluding carboxylic acids is 2.